The number of hydrogen-bond acceptors (Lipinski definition) is 2. The molecule has 0 atom stereocenters. The number of hydrogen-bond donors (Lipinski definition) is 2. The highest BCUT2D eigenvalue weighted by Gasteiger charge is 2.29. The van der Waals surface area contributed by atoms with E-state index in [-0.39, 0.29) is 16.7 Å². The summed E-state index contributed by atoms with van der Waals surface area (Å²) in [7, 11) is 0. The van der Waals surface area contributed by atoms with Gasteiger partial charge in [0.25, 0.3) is 0 Å². The van der Waals surface area contributed by atoms with Crippen molar-refractivity contribution in [2.24, 2.45) is 0 Å². The maximum atomic E-state index is 12.2. The van der Waals surface area contributed by atoms with Crippen LogP contribution in [-0.4, -0.2) is 12.5 Å². The smallest absolute Gasteiger partial charge is 0.248 e. The first kappa shape index (κ1) is 18.2. The second-order valence-electron chi connectivity index (χ2n) is 8.69. The molecule has 0 unspecified atom stereocenters. The Morgan fingerprint density at radius 2 is 1.81 bits per heavy atom. The van der Waals surface area contributed by atoms with E-state index in [1.54, 1.807) is 6.08 Å². The molecule has 2 aromatic rings. The van der Waals surface area contributed by atoms with Crippen LogP contribution in [0, 0.1) is 0 Å². The zero-order chi connectivity index (χ0) is 18.9. The third kappa shape index (κ3) is 3.98. The van der Waals surface area contributed by atoms with E-state index in [1.807, 2.05) is 30.3 Å². The largest absolute Gasteiger partial charge is 0.384 e. The molecule has 0 bridgehead atoms. The molecule has 1 aliphatic rings. The molecule has 0 aliphatic carbocycles. The van der Waals surface area contributed by atoms with Crippen molar-refractivity contribution in [2.45, 2.75) is 45.4 Å². The number of rotatable bonds is 3. The fourth-order valence-corrected chi connectivity index (χ4v) is 3.22. The van der Waals surface area contributed by atoms with Gasteiger partial charge in [-0.25, -0.2) is 0 Å². The molecule has 3 rings (SSSR count). The summed E-state index contributed by atoms with van der Waals surface area (Å²) in [5.74, 6) is -0.123. The molecule has 0 saturated carbocycles. The van der Waals surface area contributed by atoms with Crippen molar-refractivity contribution in [3.05, 3.63) is 65.2 Å². The van der Waals surface area contributed by atoms with Crippen LogP contribution in [-0.2, 0) is 15.6 Å². The van der Waals surface area contributed by atoms with Crippen LogP contribution in [0.2, 0.25) is 0 Å². The van der Waals surface area contributed by atoms with Gasteiger partial charge in [-0.1, -0.05) is 65.0 Å². The molecule has 2 aromatic carbocycles. The summed E-state index contributed by atoms with van der Waals surface area (Å²) in [5, 5.41) is 6.35. The average molecular weight is 348 g/mol. The molecule has 0 fully saturated rings. The topological polar surface area (TPSA) is 41.1 Å². The number of nitrogens with one attached hydrogen (secondary N) is 2. The van der Waals surface area contributed by atoms with Crippen LogP contribution >= 0.6 is 0 Å². The van der Waals surface area contributed by atoms with Crippen molar-refractivity contribution < 1.29 is 4.79 Å². The lowest BCUT2D eigenvalue weighted by molar-refractivity contribution is -0.111. The molecule has 3 heteroatoms. The third-order valence-electron chi connectivity index (χ3n) is 4.94. The van der Waals surface area contributed by atoms with Crippen LogP contribution in [0.15, 0.2) is 48.5 Å². The molecule has 0 aromatic heterocycles. The number of carbonyl (C=O) groups excluding carboxylic acids is 1. The predicted octanol–water partition coefficient (Wildman–Crippen LogP) is 5.34. The van der Waals surface area contributed by atoms with Gasteiger partial charge in [-0.2, -0.15) is 0 Å². The van der Waals surface area contributed by atoms with E-state index in [1.165, 1.54) is 11.1 Å². The Bertz CT molecular complexity index is 840. The van der Waals surface area contributed by atoms with E-state index in [2.05, 4.69) is 63.5 Å². The van der Waals surface area contributed by atoms with Crippen molar-refractivity contribution in [1.29, 1.82) is 0 Å². The van der Waals surface area contributed by atoms with Crippen molar-refractivity contribution in [3.8, 4) is 0 Å². The minimum Gasteiger partial charge on any atom is -0.384 e. The Kier molecular flexibility index (Phi) is 4.66. The van der Waals surface area contributed by atoms with Crippen LogP contribution in [0.25, 0.3) is 6.08 Å². The van der Waals surface area contributed by atoms with E-state index in [9.17, 15) is 4.79 Å². The van der Waals surface area contributed by atoms with Crippen LogP contribution in [0.5, 0.6) is 0 Å². The highest BCUT2D eigenvalue weighted by atomic mass is 16.1. The minimum absolute atomic E-state index is 0.123. The highest BCUT2D eigenvalue weighted by molar-refractivity contribution is 6.02. The van der Waals surface area contributed by atoms with E-state index in [0.717, 1.165) is 23.5 Å². The second-order valence-corrected chi connectivity index (χ2v) is 8.69. The van der Waals surface area contributed by atoms with E-state index >= 15 is 0 Å². The van der Waals surface area contributed by atoms with Gasteiger partial charge in [-0.05, 0) is 40.3 Å². The van der Waals surface area contributed by atoms with Crippen molar-refractivity contribution >= 4 is 23.4 Å². The lowest BCUT2D eigenvalue weighted by atomic mass is 9.87. The second kappa shape index (κ2) is 6.64. The summed E-state index contributed by atoms with van der Waals surface area (Å²) >= 11 is 0. The summed E-state index contributed by atoms with van der Waals surface area (Å²) in [4.78, 5) is 12.2. The number of anilines is 2. The molecule has 0 radical (unpaired) electrons. The molecule has 1 aliphatic heterocycles. The fraction of sp³-hybridized carbons (Fsp3) is 0.348. The number of amides is 1. The van der Waals surface area contributed by atoms with Crippen LogP contribution in [0.1, 0.15) is 51.3 Å². The van der Waals surface area contributed by atoms with Crippen LogP contribution in [0.3, 0.4) is 0 Å². The Morgan fingerprint density at radius 1 is 1.12 bits per heavy atom. The van der Waals surface area contributed by atoms with Gasteiger partial charge in [0.15, 0.2) is 0 Å². The van der Waals surface area contributed by atoms with Gasteiger partial charge in [0.05, 0.1) is 0 Å². The Morgan fingerprint density at radius 3 is 2.46 bits per heavy atom. The molecule has 3 nitrogen and oxygen atoms in total. The van der Waals surface area contributed by atoms with Gasteiger partial charge in [0.1, 0.15) is 0 Å². The van der Waals surface area contributed by atoms with E-state index in [0.29, 0.717) is 0 Å². The lowest BCUT2D eigenvalue weighted by Crippen LogP contribution is -2.18. The summed E-state index contributed by atoms with van der Waals surface area (Å²) in [5.41, 5.74) is 5.79. The predicted molar refractivity (Wildman–Crippen MR) is 111 cm³/mol. The molecule has 136 valence electrons. The molecular weight excluding hydrogens is 320 g/mol. The molecule has 26 heavy (non-hydrogen) atoms. The van der Waals surface area contributed by atoms with Gasteiger partial charge >= 0.3 is 0 Å². The number of fused-ring (bicyclic) bond motifs is 1. The van der Waals surface area contributed by atoms with E-state index < -0.39 is 0 Å². The maximum absolute atomic E-state index is 12.2. The van der Waals surface area contributed by atoms with Gasteiger partial charge in [-0.3, -0.25) is 4.79 Å². The molecule has 0 spiro atoms. The fourth-order valence-electron chi connectivity index (χ4n) is 3.22. The molecular formula is C23H28N2O. The normalized spacial score (nSPS) is 15.6. The summed E-state index contributed by atoms with van der Waals surface area (Å²) in [6.45, 7) is 11.9. The van der Waals surface area contributed by atoms with Gasteiger partial charge in [-0.15, -0.1) is 0 Å². The Hall–Kier alpha value is -2.55. The van der Waals surface area contributed by atoms with Crippen LogP contribution < -0.4 is 10.6 Å². The highest BCUT2D eigenvalue weighted by Crippen LogP contribution is 2.37. The third-order valence-corrected chi connectivity index (χ3v) is 4.94. The Balaban J connectivity index is 1.65. The first-order valence-electron chi connectivity index (χ1n) is 9.13. The molecule has 2 N–H and O–H groups in total. The molecule has 1 heterocycles. The van der Waals surface area contributed by atoms with Crippen molar-refractivity contribution in [1.82, 2.24) is 0 Å². The van der Waals surface area contributed by atoms with Crippen LogP contribution in [0.4, 0.5) is 11.4 Å². The van der Waals surface area contributed by atoms with Gasteiger partial charge in [0.2, 0.25) is 5.91 Å². The summed E-state index contributed by atoms with van der Waals surface area (Å²) in [6.07, 6.45) is 3.42. The molecule has 0 saturated heterocycles. The zero-order valence-electron chi connectivity index (χ0n) is 16.3. The maximum Gasteiger partial charge on any atom is 0.248 e. The standard InChI is InChI=1S/C23H28N2O/c1-22(2,3)17-9-6-16(7-10-17)8-13-21(26)25-18-11-12-19-20(14-18)24-15-23(19,4)5/h6-14,24H,15H2,1-5H3,(H,25,26)/b13-8+. The monoisotopic (exact) mass is 348 g/mol. The quantitative estimate of drug-likeness (QED) is 0.735. The number of benzene rings is 2. The van der Waals surface area contributed by atoms with Gasteiger partial charge in [0, 0.05) is 29.4 Å². The number of carbonyl (C=O) groups is 1. The Labute approximate surface area is 156 Å². The first-order chi connectivity index (χ1) is 12.1. The van der Waals surface area contributed by atoms with E-state index in [4.69, 9.17) is 0 Å². The molecule has 1 amide bonds. The lowest BCUT2D eigenvalue weighted by Gasteiger charge is -2.18. The first-order valence-corrected chi connectivity index (χ1v) is 9.13. The van der Waals surface area contributed by atoms with Crippen molar-refractivity contribution in [2.75, 3.05) is 17.2 Å². The minimum atomic E-state index is -0.123. The zero-order valence-corrected chi connectivity index (χ0v) is 16.3. The van der Waals surface area contributed by atoms with Gasteiger partial charge < -0.3 is 10.6 Å². The summed E-state index contributed by atoms with van der Waals surface area (Å²) < 4.78 is 0. The van der Waals surface area contributed by atoms with Crippen molar-refractivity contribution in [3.63, 3.8) is 0 Å². The SMILES string of the molecule is CC(C)(C)c1ccc(/C=C/C(=O)Nc2ccc3c(c2)NCC3(C)C)cc1. The summed E-state index contributed by atoms with van der Waals surface area (Å²) in [6, 6.07) is 14.4. The average Bonchev–Trinajstić information content (AvgIpc) is 2.87.